The third-order valence-corrected chi connectivity index (χ3v) is 23.2. The van der Waals surface area contributed by atoms with Crippen LogP contribution in [-0.2, 0) is 52.5 Å². The summed E-state index contributed by atoms with van der Waals surface area (Å²) in [5.41, 5.74) is 37.6. The van der Waals surface area contributed by atoms with E-state index in [1.165, 1.54) is 71.8 Å². The molecule has 3 aromatic carbocycles. The van der Waals surface area contributed by atoms with Crippen molar-refractivity contribution in [2.45, 2.75) is 149 Å². The van der Waals surface area contributed by atoms with Crippen LogP contribution in [0.25, 0.3) is 33.8 Å². The second kappa shape index (κ2) is 31.9. The highest BCUT2D eigenvalue weighted by Crippen LogP contribution is 2.58. The standard InChI is InChI=1S/C27H28F3N7O3.2C27H28F3N7O2/c1-3-4-21(38)35-8-7-26(15-35)10-19(11-26)37-24(31)22(25(32)39)23(34-37)17-12-33-36(14-17)13-16-9-18(27(28,29)30)5-6-20(16)40-2;1-3-5-21(38)35-9-8-26(15-35)10-19(11-26)37-24(31)22(25(32)39)23(34-37)18-12-33-36(14-18)13-17-6-4-7-20(16(17)2)27(28,29)30;1-3-4-21(38)35-8-7-26(15-35)10-19(11-26)37-24(31)22(25(32)39)23(34-37)18-12-33-36(14-18)13-17-6-5-16(2)20(9-17)27(28,29)30/h5-6,9,12,14,19H,7-8,10-11,13,15,31H2,1-2H3,(H2,32,39);4,6-7,12,14,19H,8-11,13,15,31H2,1-2H3,(H2,32,39);5-6,9,12,14,19H,7-8,10-11,13,15,31H2,1-2H3,(H2,32,39). The molecule has 12 N–H and O–H groups in total. The zero-order valence-corrected chi connectivity index (χ0v) is 65.1. The molecular formula is C81H84F9N21O7. The van der Waals surface area contributed by atoms with Crippen molar-refractivity contribution in [1.82, 2.24) is 73.4 Å². The van der Waals surface area contributed by atoms with Gasteiger partial charge in [0.15, 0.2) is 0 Å². The van der Waals surface area contributed by atoms with Gasteiger partial charge in [-0.2, -0.15) is 70.1 Å². The molecule has 37 heteroatoms. The summed E-state index contributed by atoms with van der Waals surface area (Å²) in [6.07, 6.45) is 2.79. The summed E-state index contributed by atoms with van der Waals surface area (Å²) >= 11 is 0. The van der Waals surface area contributed by atoms with E-state index in [0.29, 0.717) is 67.1 Å². The summed E-state index contributed by atoms with van der Waals surface area (Å²) < 4.78 is 134. The number of nitrogens with two attached hydrogens (primary N) is 6. The van der Waals surface area contributed by atoms with E-state index in [-0.39, 0.29) is 145 Å². The maximum atomic E-state index is 13.3. The van der Waals surface area contributed by atoms with Gasteiger partial charge >= 0.3 is 18.5 Å². The predicted molar refractivity (Wildman–Crippen MR) is 413 cm³/mol. The maximum absolute atomic E-state index is 13.3. The van der Waals surface area contributed by atoms with Crippen LogP contribution in [0.5, 0.6) is 5.75 Å². The lowest BCUT2D eigenvalue weighted by Crippen LogP contribution is -2.42. The summed E-state index contributed by atoms with van der Waals surface area (Å²) in [7, 11) is 1.38. The minimum atomic E-state index is -4.51. The molecule has 15 rings (SSSR count). The number of benzene rings is 3. The number of likely N-dealkylation sites (tertiary alicyclic amines) is 3. The van der Waals surface area contributed by atoms with E-state index in [0.717, 1.165) is 82.1 Å². The van der Waals surface area contributed by atoms with Gasteiger partial charge in [-0.1, -0.05) is 42.0 Å². The molecule has 0 bridgehead atoms. The minimum Gasteiger partial charge on any atom is -0.496 e. The number of ether oxygens (including phenoxy) is 1. The van der Waals surface area contributed by atoms with Gasteiger partial charge in [-0.15, -0.1) is 0 Å². The number of nitrogen functional groups attached to an aromatic ring is 3. The number of carbonyl (C=O) groups excluding carboxylic acids is 6. The quantitative estimate of drug-likeness (QED) is 0.0387. The van der Waals surface area contributed by atoms with Crippen molar-refractivity contribution in [1.29, 1.82) is 0 Å². The van der Waals surface area contributed by atoms with E-state index < -0.39 is 52.9 Å². The first kappa shape index (κ1) is 83.0. The van der Waals surface area contributed by atoms with Crippen LogP contribution in [0, 0.1) is 65.6 Å². The third kappa shape index (κ3) is 16.6. The minimum absolute atomic E-state index is 0.0159. The Morgan fingerprint density at radius 3 is 1.20 bits per heavy atom. The molecule has 3 saturated heterocycles. The second-order valence-electron chi connectivity index (χ2n) is 31.0. The fraction of sp³-hybridized carbons (Fsp3) is 0.407. The number of hydrogen-bond donors (Lipinski definition) is 6. The number of primary amides is 3. The SMILES string of the molecule is CC#CC(=O)N1CCC2(CC(n3nc(-c4cnn(Cc5cc(C(F)(F)F)ccc5OC)c4)c(C(N)=O)c3N)C2)C1.CC#CC(=O)N1CCC2(CC(n3nc(-c4cnn(Cc5ccc(C)c(C(F)(F)F)c5)c4)c(C(N)=O)c3N)C2)C1.CC#CC(=O)N1CCC2(CC(n3nc(-c4cnn(Cc5cccc(C(F)(F)F)c5C)c4)c(C(N)=O)c3N)C2)C1. The Morgan fingerprint density at radius 2 is 0.856 bits per heavy atom. The normalized spacial score (nSPS) is 20.4. The number of halogens is 9. The van der Waals surface area contributed by atoms with Crippen molar-refractivity contribution >= 4 is 52.9 Å². The van der Waals surface area contributed by atoms with Crippen LogP contribution in [0.15, 0.2) is 91.8 Å². The van der Waals surface area contributed by atoms with E-state index in [2.05, 4.69) is 66.1 Å². The predicted octanol–water partition coefficient (Wildman–Crippen LogP) is 9.84. The second-order valence-corrected chi connectivity index (χ2v) is 31.0. The Kier molecular flexibility index (Phi) is 22.4. The molecule has 6 amide bonds. The van der Waals surface area contributed by atoms with Gasteiger partial charge in [-0.3, -0.25) is 42.8 Å². The van der Waals surface area contributed by atoms with Crippen LogP contribution in [0.2, 0.25) is 0 Å². The molecule has 9 heterocycles. The average molecular weight is 1630 g/mol. The summed E-state index contributed by atoms with van der Waals surface area (Å²) in [5, 5.41) is 26.7. The summed E-state index contributed by atoms with van der Waals surface area (Å²) in [4.78, 5) is 78.9. The zero-order chi connectivity index (χ0) is 85.0. The van der Waals surface area contributed by atoms with Crippen LogP contribution in [0.4, 0.5) is 57.0 Å². The van der Waals surface area contributed by atoms with Crippen LogP contribution in [0.3, 0.4) is 0 Å². The molecule has 9 aromatic rings. The fourth-order valence-electron chi connectivity index (χ4n) is 17.3. The Labute approximate surface area is 670 Å². The molecule has 6 aliphatic rings. The molecule has 6 aromatic heterocycles. The van der Waals surface area contributed by atoms with Crippen molar-refractivity contribution in [3.05, 3.63) is 153 Å². The van der Waals surface area contributed by atoms with Gasteiger partial charge in [0.2, 0.25) is 0 Å². The molecule has 0 atom stereocenters. The summed E-state index contributed by atoms with van der Waals surface area (Å²) in [6, 6.07) is 11.2. The first-order valence-corrected chi connectivity index (χ1v) is 37.6. The number of hydrogen-bond acceptors (Lipinski definition) is 16. The average Bonchev–Trinajstić information content (AvgIpc) is 1.61. The highest BCUT2D eigenvalue weighted by atomic mass is 19.4. The van der Waals surface area contributed by atoms with Crippen molar-refractivity contribution in [3.8, 4) is 75.0 Å². The number of carbonyl (C=O) groups is 6. The number of amides is 6. The van der Waals surface area contributed by atoms with Gasteiger partial charge in [-0.05, 0) is 179 Å². The Hall–Kier alpha value is -13.0. The summed E-state index contributed by atoms with van der Waals surface area (Å²) in [5.74, 6) is 13.7. The van der Waals surface area contributed by atoms with Crippen LogP contribution < -0.4 is 39.1 Å². The molecular weight excluding hydrogens is 1550 g/mol. The van der Waals surface area contributed by atoms with Gasteiger partial charge < -0.3 is 53.8 Å². The Bertz CT molecular complexity index is 5660. The fourth-order valence-corrected chi connectivity index (χ4v) is 17.3. The molecule has 3 saturated carbocycles. The monoisotopic (exact) mass is 1630 g/mol. The lowest BCUT2D eigenvalue weighted by atomic mass is 9.65. The lowest BCUT2D eigenvalue weighted by molar-refractivity contribution is -0.138. The molecule has 0 unspecified atom stereocenters. The van der Waals surface area contributed by atoms with Gasteiger partial charge in [0.05, 0.1) is 80.2 Å². The van der Waals surface area contributed by atoms with E-state index >= 15 is 0 Å². The maximum Gasteiger partial charge on any atom is 0.416 e. The van der Waals surface area contributed by atoms with E-state index in [9.17, 15) is 68.3 Å². The first-order chi connectivity index (χ1) is 55.8. The molecule has 618 valence electrons. The highest BCUT2D eigenvalue weighted by molar-refractivity contribution is 6.05. The van der Waals surface area contributed by atoms with Crippen LogP contribution >= 0.6 is 0 Å². The van der Waals surface area contributed by atoms with Gasteiger partial charge in [-0.25, -0.2) is 14.0 Å². The molecule has 0 radical (unpaired) electrons. The zero-order valence-electron chi connectivity index (χ0n) is 65.1. The molecule has 118 heavy (non-hydrogen) atoms. The molecule has 6 fully saturated rings. The number of nitrogens with zero attached hydrogens (tertiary/aromatic N) is 15. The van der Waals surface area contributed by atoms with E-state index in [4.69, 9.17) is 39.1 Å². The summed E-state index contributed by atoms with van der Waals surface area (Å²) in [6.45, 7) is 11.7. The number of alkyl halides is 9. The number of methoxy groups -OCH3 is 1. The highest BCUT2D eigenvalue weighted by Gasteiger charge is 2.54. The van der Waals surface area contributed by atoms with Crippen molar-refractivity contribution in [2.24, 2.45) is 33.4 Å². The topological polar surface area (TPSA) is 384 Å². The van der Waals surface area contributed by atoms with Crippen molar-refractivity contribution < 1.29 is 73.0 Å². The van der Waals surface area contributed by atoms with E-state index in [1.807, 2.05) is 0 Å². The third-order valence-electron chi connectivity index (χ3n) is 23.2. The smallest absolute Gasteiger partial charge is 0.416 e. The van der Waals surface area contributed by atoms with Crippen molar-refractivity contribution in [3.63, 3.8) is 0 Å². The van der Waals surface area contributed by atoms with Gasteiger partial charge in [0.25, 0.3) is 35.4 Å². The van der Waals surface area contributed by atoms with Crippen molar-refractivity contribution in [2.75, 3.05) is 63.6 Å². The van der Waals surface area contributed by atoms with Gasteiger partial charge in [0.1, 0.15) is 57.0 Å². The number of anilines is 3. The first-order valence-electron chi connectivity index (χ1n) is 37.6. The Balaban J connectivity index is 0.000000153. The van der Waals surface area contributed by atoms with Gasteiger partial charge in [0, 0.05) is 80.1 Å². The largest absolute Gasteiger partial charge is 0.496 e. The molecule has 3 aliphatic carbocycles. The number of aryl methyl sites for hydroxylation is 1. The number of aromatic nitrogens is 12. The molecule has 3 spiro atoms. The number of rotatable bonds is 16. The molecule has 28 nitrogen and oxygen atoms in total. The molecule has 3 aliphatic heterocycles. The van der Waals surface area contributed by atoms with Crippen LogP contribution in [0.1, 0.15) is 172 Å². The lowest BCUT2D eigenvalue weighted by Gasteiger charge is -2.45. The van der Waals surface area contributed by atoms with E-state index in [1.54, 1.807) is 80.2 Å². The Morgan fingerprint density at radius 1 is 0.483 bits per heavy atom. The van der Waals surface area contributed by atoms with Crippen LogP contribution in [-0.4, -0.2) is 155 Å².